The Morgan fingerprint density at radius 3 is 2.29 bits per heavy atom. The zero-order chi connectivity index (χ0) is 46.1. The molecule has 1 unspecified atom stereocenters. The van der Waals surface area contributed by atoms with E-state index in [1.165, 1.54) is 19.9 Å². The molecule has 3 heterocycles. The van der Waals surface area contributed by atoms with Crippen LogP contribution in [0.5, 0.6) is 5.75 Å². The zero-order valence-corrected chi connectivity index (χ0v) is 35.4. The van der Waals surface area contributed by atoms with Crippen molar-refractivity contribution in [1.82, 2.24) is 15.2 Å². The minimum absolute atomic E-state index is 0.00760. The number of aromatic nitrogens is 1. The van der Waals surface area contributed by atoms with Gasteiger partial charge in [0.15, 0.2) is 22.5 Å². The van der Waals surface area contributed by atoms with Crippen molar-refractivity contribution in [3.63, 3.8) is 0 Å². The van der Waals surface area contributed by atoms with Crippen molar-refractivity contribution in [2.75, 3.05) is 36.2 Å². The van der Waals surface area contributed by atoms with Gasteiger partial charge in [-0.25, -0.2) is 8.78 Å². The molecule has 11 nitrogen and oxygen atoms in total. The van der Waals surface area contributed by atoms with Gasteiger partial charge in [-0.2, -0.15) is 31.6 Å². The normalized spacial score (nSPS) is 17.4. The van der Waals surface area contributed by atoms with E-state index in [4.69, 9.17) is 27.0 Å². The first-order chi connectivity index (χ1) is 28.8. The lowest BCUT2D eigenvalue weighted by Gasteiger charge is -2.35. The summed E-state index contributed by atoms with van der Waals surface area (Å²) in [4.78, 5) is 46.4. The Labute approximate surface area is 357 Å². The lowest BCUT2D eigenvalue weighted by Crippen LogP contribution is -2.56. The number of anilines is 2. The number of hydrogen-bond acceptors (Lipinski definition) is 8. The van der Waals surface area contributed by atoms with Crippen molar-refractivity contribution < 1.29 is 59.0 Å². The summed E-state index contributed by atoms with van der Waals surface area (Å²) in [6.07, 6.45) is -6.99. The standard InChI is InChI=1S/C42H44F8N6O5S/c1-23-10-9-15-54(23)36(58)35(39(2,3)4)53-31(57)22-60-16-7-8-17-61-30-14-12-24(18-28(30)43)34-27(41(45,46)47)19-26(21-52-34)56-38(62)55(37(59)40(56,5)6)29-13-11-25(20-51)32(33(29)44)42(48,49)50/h11-14,18-19,21,23,35H,7-10,15-17,22H2,1-6H3,(H,53,57)/t23?,35-/m1/s1. The number of alkyl halides is 6. The molecule has 0 spiro atoms. The molecule has 20 heteroatoms. The van der Waals surface area contributed by atoms with Gasteiger partial charge >= 0.3 is 12.4 Å². The molecule has 0 saturated carbocycles. The summed E-state index contributed by atoms with van der Waals surface area (Å²) in [6, 6.07) is 5.62. The largest absolute Gasteiger partial charge is 0.491 e. The fraction of sp³-hybridized carbons (Fsp3) is 0.476. The summed E-state index contributed by atoms with van der Waals surface area (Å²) in [7, 11) is 0. The highest BCUT2D eigenvalue weighted by Gasteiger charge is 2.52. The second kappa shape index (κ2) is 18.1. The summed E-state index contributed by atoms with van der Waals surface area (Å²) in [5.74, 6) is -4.94. The molecule has 0 radical (unpaired) electrons. The number of hydrogen-bond donors (Lipinski definition) is 1. The number of benzene rings is 2. The Hall–Kier alpha value is -5.42. The van der Waals surface area contributed by atoms with Crippen LogP contribution in [0.15, 0.2) is 42.6 Å². The van der Waals surface area contributed by atoms with E-state index in [1.54, 1.807) is 4.90 Å². The zero-order valence-electron chi connectivity index (χ0n) is 34.6. The first-order valence-corrected chi connectivity index (χ1v) is 19.9. The number of likely N-dealkylation sites (tertiary alicyclic amines) is 1. The minimum Gasteiger partial charge on any atom is -0.491 e. The maximum absolute atomic E-state index is 15.4. The Balaban J connectivity index is 1.23. The predicted molar refractivity (Wildman–Crippen MR) is 215 cm³/mol. The van der Waals surface area contributed by atoms with Gasteiger partial charge in [0.25, 0.3) is 5.91 Å². The van der Waals surface area contributed by atoms with Gasteiger partial charge in [-0.15, -0.1) is 0 Å². The van der Waals surface area contributed by atoms with Crippen LogP contribution in [-0.2, 0) is 31.5 Å². The third-order valence-corrected chi connectivity index (χ3v) is 10.9. The van der Waals surface area contributed by atoms with E-state index in [-0.39, 0.29) is 43.1 Å². The Kier molecular flexibility index (Phi) is 13.9. The summed E-state index contributed by atoms with van der Waals surface area (Å²) in [5, 5.41) is 11.3. The molecular formula is C42H44F8N6O5S. The summed E-state index contributed by atoms with van der Waals surface area (Å²) in [6.45, 7) is 10.5. The molecule has 2 saturated heterocycles. The van der Waals surface area contributed by atoms with Gasteiger partial charge in [0.05, 0.1) is 47.1 Å². The molecule has 2 aliphatic rings. The summed E-state index contributed by atoms with van der Waals surface area (Å²) < 4.78 is 127. The van der Waals surface area contributed by atoms with Crippen LogP contribution >= 0.6 is 12.2 Å². The molecule has 334 valence electrons. The molecule has 2 aromatic carbocycles. The molecule has 1 N–H and O–H groups in total. The highest BCUT2D eigenvalue weighted by Crippen LogP contribution is 2.44. The van der Waals surface area contributed by atoms with E-state index in [1.807, 2.05) is 27.7 Å². The maximum atomic E-state index is 15.4. The van der Waals surface area contributed by atoms with Crippen molar-refractivity contribution in [1.29, 1.82) is 5.26 Å². The molecule has 2 atom stereocenters. The van der Waals surface area contributed by atoms with E-state index in [0.717, 1.165) is 48.2 Å². The van der Waals surface area contributed by atoms with Crippen LogP contribution in [0.4, 0.5) is 46.5 Å². The van der Waals surface area contributed by atoms with E-state index in [9.17, 15) is 40.7 Å². The number of amides is 3. The van der Waals surface area contributed by atoms with Gasteiger partial charge in [-0.1, -0.05) is 20.8 Å². The number of pyridine rings is 1. The smallest absolute Gasteiger partial charge is 0.420 e. The van der Waals surface area contributed by atoms with E-state index < -0.39 is 91.7 Å². The van der Waals surface area contributed by atoms with Crippen molar-refractivity contribution in [3.8, 4) is 23.1 Å². The third-order valence-electron chi connectivity index (χ3n) is 10.5. The molecule has 5 rings (SSSR count). The number of ether oxygens (including phenoxy) is 2. The SMILES string of the molecule is CC1CCCN1C(=O)[C@@H](NC(=O)COCCCCOc1ccc(-c2ncc(N3C(=S)N(c4ccc(C#N)c(C(F)(F)F)c4F)C(=O)C3(C)C)cc2C(F)(F)F)cc1F)C(C)(C)C. The quantitative estimate of drug-likeness (QED) is 0.102. The number of thiocarbonyl (C=S) groups is 1. The first kappa shape index (κ1) is 47.6. The van der Waals surface area contributed by atoms with Gasteiger partial charge in [0.2, 0.25) is 11.8 Å². The fourth-order valence-electron chi connectivity index (χ4n) is 7.27. The first-order valence-electron chi connectivity index (χ1n) is 19.5. The fourth-order valence-corrected chi connectivity index (χ4v) is 7.78. The minimum atomic E-state index is -5.35. The Morgan fingerprint density at radius 2 is 1.71 bits per heavy atom. The van der Waals surface area contributed by atoms with Crippen LogP contribution in [-0.4, -0.2) is 76.7 Å². The van der Waals surface area contributed by atoms with Crippen molar-refractivity contribution in [2.24, 2.45) is 5.41 Å². The van der Waals surface area contributed by atoms with E-state index in [0.29, 0.717) is 36.4 Å². The third kappa shape index (κ3) is 9.94. The highest BCUT2D eigenvalue weighted by atomic mass is 32.1. The molecular weight excluding hydrogens is 853 g/mol. The number of carbonyl (C=O) groups is 3. The van der Waals surface area contributed by atoms with Gasteiger partial charge in [-0.05, 0) is 100 Å². The Morgan fingerprint density at radius 1 is 1.03 bits per heavy atom. The lowest BCUT2D eigenvalue weighted by molar-refractivity contribution is -0.141. The number of nitrogens with one attached hydrogen (secondary N) is 1. The predicted octanol–water partition coefficient (Wildman–Crippen LogP) is 8.57. The van der Waals surface area contributed by atoms with Gasteiger partial charge in [-0.3, -0.25) is 24.3 Å². The van der Waals surface area contributed by atoms with Gasteiger partial charge < -0.3 is 24.6 Å². The van der Waals surface area contributed by atoms with Crippen LogP contribution in [0.2, 0.25) is 0 Å². The molecule has 2 fully saturated rings. The number of halogens is 8. The molecule has 0 bridgehead atoms. The van der Waals surface area contributed by atoms with Crippen molar-refractivity contribution >= 4 is 46.4 Å². The van der Waals surface area contributed by atoms with Crippen LogP contribution in [0.3, 0.4) is 0 Å². The van der Waals surface area contributed by atoms with Crippen molar-refractivity contribution in [2.45, 2.75) is 97.2 Å². The molecule has 0 aliphatic carbocycles. The second-order valence-corrected chi connectivity index (χ2v) is 16.8. The molecule has 2 aliphatic heterocycles. The monoisotopic (exact) mass is 896 g/mol. The molecule has 62 heavy (non-hydrogen) atoms. The maximum Gasteiger partial charge on any atom is 0.420 e. The van der Waals surface area contributed by atoms with Crippen molar-refractivity contribution in [3.05, 3.63) is 70.9 Å². The molecule has 1 aromatic heterocycles. The van der Waals surface area contributed by atoms with Crippen LogP contribution in [0, 0.1) is 28.4 Å². The van der Waals surface area contributed by atoms with Crippen LogP contribution < -0.4 is 19.9 Å². The summed E-state index contributed by atoms with van der Waals surface area (Å²) in [5.41, 5.74) is -9.22. The van der Waals surface area contributed by atoms with Crippen LogP contribution in [0.25, 0.3) is 11.3 Å². The number of nitrogens with zero attached hydrogens (tertiary/aromatic N) is 5. The number of nitriles is 1. The number of rotatable bonds is 13. The molecule has 3 aromatic rings. The summed E-state index contributed by atoms with van der Waals surface area (Å²) >= 11 is 5.34. The lowest BCUT2D eigenvalue weighted by atomic mass is 9.85. The topological polar surface area (TPSA) is 128 Å². The average molecular weight is 897 g/mol. The molecule has 3 amide bonds. The average Bonchev–Trinajstić information content (AvgIpc) is 3.68. The Bertz CT molecular complexity index is 2270. The number of carbonyl (C=O) groups excluding carboxylic acids is 3. The second-order valence-electron chi connectivity index (χ2n) is 16.5. The van der Waals surface area contributed by atoms with Crippen LogP contribution in [0.1, 0.15) is 83.9 Å². The number of unbranched alkanes of at least 4 members (excludes halogenated alkanes) is 1. The van der Waals surface area contributed by atoms with Gasteiger partial charge in [0.1, 0.15) is 23.8 Å². The van der Waals surface area contributed by atoms with E-state index >= 15 is 8.78 Å². The highest BCUT2D eigenvalue weighted by molar-refractivity contribution is 7.81. The van der Waals surface area contributed by atoms with Gasteiger partial charge in [0, 0.05) is 24.8 Å². The van der Waals surface area contributed by atoms with E-state index in [2.05, 4.69) is 10.3 Å².